The van der Waals surface area contributed by atoms with Crippen LogP contribution in [0.4, 0.5) is 0 Å². The van der Waals surface area contributed by atoms with Crippen LogP contribution in [0.5, 0.6) is 0 Å². The van der Waals surface area contributed by atoms with Crippen molar-refractivity contribution in [1.29, 1.82) is 0 Å². The number of likely N-dealkylation sites (N-methyl/N-ethyl adjacent to an activating group) is 1. The third-order valence-electron chi connectivity index (χ3n) is 3.55. The summed E-state index contributed by atoms with van der Waals surface area (Å²) in [4.78, 5) is 14.2. The Morgan fingerprint density at radius 3 is 2.50 bits per heavy atom. The smallest absolute Gasteiger partial charge is 0.224 e. The fourth-order valence-corrected chi connectivity index (χ4v) is 2.59. The second-order valence-electron chi connectivity index (χ2n) is 5.50. The van der Waals surface area contributed by atoms with E-state index < -0.39 is 0 Å². The van der Waals surface area contributed by atoms with Gasteiger partial charge in [-0.3, -0.25) is 4.79 Å². The first-order valence-electron chi connectivity index (χ1n) is 7.29. The van der Waals surface area contributed by atoms with E-state index in [0.29, 0.717) is 18.0 Å². The monoisotopic (exact) mass is 316 g/mol. The second-order valence-corrected chi connectivity index (χ2v) is 5.94. The molecule has 0 aliphatic rings. The van der Waals surface area contributed by atoms with Crippen molar-refractivity contribution >= 4 is 17.5 Å². The summed E-state index contributed by atoms with van der Waals surface area (Å²) in [5.74, 6) is 0.00467. The van der Waals surface area contributed by atoms with Gasteiger partial charge in [0.05, 0.1) is 12.5 Å². The van der Waals surface area contributed by atoms with E-state index in [2.05, 4.69) is 22.3 Å². The lowest BCUT2D eigenvalue weighted by atomic mass is 10.1. The molecule has 1 amide bonds. The van der Waals surface area contributed by atoms with E-state index in [-0.39, 0.29) is 11.9 Å². The van der Waals surface area contributed by atoms with Crippen molar-refractivity contribution < 1.29 is 4.79 Å². The van der Waals surface area contributed by atoms with Crippen molar-refractivity contribution in [1.82, 2.24) is 10.2 Å². The van der Waals surface area contributed by atoms with Crippen LogP contribution in [-0.2, 0) is 11.2 Å². The fraction of sp³-hybridized carbons (Fsp3) is 0.278. The minimum absolute atomic E-state index is 0.00467. The molecular formula is C18H21ClN2O. The van der Waals surface area contributed by atoms with Gasteiger partial charge in [0.1, 0.15) is 0 Å². The summed E-state index contributed by atoms with van der Waals surface area (Å²) in [6.07, 6.45) is 0.343. The molecule has 0 saturated heterocycles. The third-order valence-corrected chi connectivity index (χ3v) is 3.79. The SMILES string of the molecule is CN(C)C(CNC(=O)Cc1cccc(Cl)c1)c1ccccc1. The van der Waals surface area contributed by atoms with Gasteiger partial charge in [0.15, 0.2) is 0 Å². The van der Waals surface area contributed by atoms with Gasteiger partial charge in [-0.25, -0.2) is 0 Å². The highest BCUT2D eigenvalue weighted by molar-refractivity contribution is 6.30. The molecule has 0 aliphatic heterocycles. The molecule has 2 aromatic carbocycles. The summed E-state index contributed by atoms with van der Waals surface area (Å²) in [5.41, 5.74) is 2.11. The molecule has 116 valence electrons. The first kappa shape index (κ1) is 16.5. The minimum atomic E-state index is 0.00467. The van der Waals surface area contributed by atoms with Crippen LogP contribution >= 0.6 is 11.6 Å². The van der Waals surface area contributed by atoms with Crippen LogP contribution in [0.25, 0.3) is 0 Å². The predicted octanol–water partition coefficient (Wildman–Crippen LogP) is 3.30. The van der Waals surface area contributed by atoms with Gasteiger partial charge < -0.3 is 10.2 Å². The summed E-state index contributed by atoms with van der Waals surface area (Å²) in [6.45, 7) is 0.580. The fourth-order valence-electron chi connectivity index (χ4n) is 2.38. The molecule has 3 nitrogen and oxygen atoms in total. The van der Waals surface area contributed by atoms with E-state index in [9.17, 15) is 4.79 Å². The zero-order valence-electron chi connectivity index (χ0n) is 12.9. The van der Waals surface area contributed by atoms with Crippen LogP contribution in [0.15, 0.2) is 54.6 Å². The summed E-state index contributed by atoms with van der Waals surface area (Å²) >= 11 is 5.94. The maximum Gasteiger partial charge on any atom is 0.224 e. The number of hydrogen-bond donors (Lipinski definition) is 1. The Hall–Kier alpha value is -1.84. The maximum atomic E-state index is 12.1. The molecule has 0 saturated carbocycles. The molecule has 4 heteroatoms. The van der Waals surface area contributed by atoms with Crippen molar-refractivity contribution in [3.05, 3.63) is 70.7 Å². The summed E-state index contributed by atoms with van der Waals surface area (Å²) in [6, 6.07) is 17.7. The van der Waals surface area contributed by atoms with Gasteiger partial charge in [0, 0.05) is 11.6 Å². The van der Waals surface area contributed by atoms with Gasteiger partial charge in [-0.2, -0.15) is 0 Å². The lowest BCUT2D eigenvalue weighted by Gasteiger charge is -2.25. The lowest BCUT2D eigenvalue weighted by molar-refractivity contribution is -0.120. The first-order valence-corrected chi connectivity index (χ1v) is 7.66. The molecule has 0 heterocycles. The maximum absolute atomic E-state index is 12.1. The number of nitrogens with one attached hydrogen (secondary N) is 1. The summed E-state index contributed by atoms with van der Waals surface area (Å²) in [7, 11) is 4.03. The number of nitrogens with zero attached hydrogens (tertiary/aromatic N) is 1. The molecule has 0 aromatic heterocycles. The van der Waals surface area contributed by atoms with Gasteiger partial charge in [0.2, 0.25) is 5.91 Å². The van der Waals surface area contributed by atoms with Crippen molar-refractivity contribution in [2.24, 2.45) is 0 Å². The number of rotatable bonds is 6. The first-order chi connectivity index (χ1) is 10.6. The normalized spacial score (nSPS) is 12.2. The number of benzene rings is 2. The molecule has 2 rings (SSSR count). The number of amides is 1. The number of carbonyl (C=O) groups excluding carboxylic acids is 1. The molecule has 1 unspecified atom stereocenters. The summed E-state index contributed by atoms with van der Waals surface area (Å²) in [5, 5.41) is 3.66. The average Bonchev–Trinajstić information content (AvgIpc) is 2.48. The topological polar surface area (TPSA) is 32.3 Å². The van der Waals surface area contributed by atoms with Gasteiger partial charge in [0.25, 0.3) is 0 Å². The zero-order valence-corrected chi connectivity index (χ0v) is 13.7. The van der Waals surface area contributed by atoms with Crippen LogP contribution < -0.4 is 5.32 Å². The average molecular weight is 317 g/mol. The standard InChI is InChI=1S/C18H21ClN2O/c1-21(2)17(15-8-4-3-5-9-15)13-20-18(22)12-14-7-6-10-16(19)11-14/h3-11,17H,12-13H2,1-2H3,(H,20,22). The van der Waals surface area contributed by atoms with E-state index in [1.165, 1.54) is 5.56 Å². The van der Waals surface area contributed by atoms with Crippen molar-refractivity contribution in [3.63, 3.8) is 0 Å². The van der Waals surface area contributed by atoms with Gasteiger partial charge in [-0.05, 0) is 37.4 Å². The Labute approximate surface area is 136 Å². The molecule has 1 N–H and O–H groups in total. The number of halogens is 1. The van der Waals surface area contributed by atoms with E-state index in [1.54, 1.807) is 6.07 Å². The quantitative estimate of drug-likeness (QED) is 0.887. The van der Waals surface area contributed by atoms with E-state index in [1.807, 2.05) is 50.5 Å². The van der Waals surface area contributed by atoms with Crippen molar-refractivity contribution in [3.8, 4) is 0 Å². The van der Waals surface area contributed by atoms with Crippen molar-refractivity contribution in [2.75, 3.05) is 20.6 Å². The molecule has 2 aromatic rings. The van der Waals surface area contributed by atoms with Gasteiger partial charge in [-0.1, -0.05) is 54.1 Å². The van der Waals surface area contributed by atoms with Crippen LogP contribution in [-0.4, -0.2) is 31.4 Å². The Morgan fingerprint density at radius 1 is 1.14 bits per heavy atom. The van der Waals surface area contributed by atoms with E-state index >= 15 is 0 Å². The highest BCUT2D eigenvalue weighted by Crippen LogP contribution is 2.17. The Balaban J connectivity index is 1.94. The third kappa shape index (κ3) is 4.86. The molecular weight excluding hydrogens is 296 g/mol. The molecule has 0 radical (unpaired) electrons. The predicted molar refractivity (Wildman–Crippen MR) is 91.0 cm³/mol. The van der Waals surface area contributed by atoms with E-state index in [4.69, 9.17) is 11.6 Å². The van der Waals surface area contributed by atoms with Crippen LogP contribution in [0.1, 0.15) is 17.2 Å². The van der Waals surface area contributed by atoms with Crippen LogP contribution in [0, 0.1) is 0 Å². The largest absolute Gasteiger partial charge is 0.354 e. The molecule has 0 fully saturated rings. The molecule has 0 aliphatic carbocycles. The van der Waals surface area contributed by atoms with Gasteiger partial charge >= 0.3 is 0 Å². The Kier molecular flexibility index (Phi) is 5.99. The van der Waals surface area contributed by atoms with Crippen molar-refractivity contribution in [2.45, 2.75) is 12.5 Å². The molecule has 22 heavy (non-hydrogen) atoms. The molecule has 1 atom stereocenters. The Morgan fingerprint density at radius 2 is 1.86 bits per heavy atom. The molecule has 0 bridgehead atoms. The molecule has 0 spiro atoms. The van der Waals surface area contributed by atoms with Gasteiger partial charge in [-0.15, -0.1) is 0 Å². The highest BCUT2D eigenvalue weighted by Gasteiger charge is 2.15. The lowest BCUT2D eigenvalue weighted by Crippen LogP contribution is -2.35. The number of carbonyl (C=O) groups is 1. The Bertz CT molecular complexity index is 613. The minimum Gasteiger partial charge on any atom is -0.354 e. The highest BCUT2D eigenvalue weighted by atomic mass is 35.5. The second kappa shape index (κ2) is 7.97. The zero-order chi connectivity index (χ0) is 15.9. The summed E-state index contributed by atoms with van der Waals surface area (Å²) < 4.78 is 0. The number of hydrogen-bond acceptors (Lipinski definition) is 2. The van der Waals surface area contributed by atoms with Crippen LogP contribution in [0.2, 0.25) is 5.02 Å². The van der Waals surface area contributed by atoms with E-state index in [0.717, 1.165) is 5.56 Å². The van der Waals surface area contributed by atoms with Crippen LogP contribution in [0.3, 0.4) is 0 Å².